The van der Waals surface area contributed by atoms with E-state index in [0.29, 0.717) is 22.5 Å². The molecule has 3 N–H and O–H groups in total. The summed E-state index contributed by atoms with van der Waals surface area (Å²) in [4.78, 5) is 4.49. The van der Waals surface area contributed by atoms with Gasteiger partial charge in [0.15, 0.2) is 5.96 Å². The number of rotatable bonds is 7. The van der Waals surface area contributed by atoms with E-state index in [1.807, 2.05) is 26.1 Å². The predicted octanol–water partition coefficient (Wildman–Crippen LogP) is 3.35. The topological polar surface area (TPSA) is 74.5 Å². The molecular weight excluding hydrogens is 500 g/mol. The summed E-state index contributed by atoms with van der Waals surface area (Å²) >= 11 is 12.1. The fourth-order valence-electron chi connectivity index (χ4n) is 2.45. The average molecular weight is 526 g/mol. The van der Waals surface area contributed by atoms with Crippen molar-refractivity contribution in [3.8, 4) is 0 Å². The number of nitrogens with zero attached hydrogens (tertiary/aromatic N) is 3. The largest absolute Gasteiger partial charge is 0.383 e. The number of benzene rings is 1. The zero-order chi connectivity index (χ0) is 19.2. The fraction of sp³-hybridized carbons (Fsp3) is 0.444. The third-order valence-corrected chi connectivity index (χ3v) is 4.28. The Bertz CT molecular complexity index is 744. The molecule has 1 atom stereocenters. The van der Waals surface area contributed by atoms with E-state index >= 15 is 0 Å². The zero-order valence-electron chi connectivity index (χ0n) is 15.7. The van der Waals surface area contributed by atoms with E-state index in [1.54, 1.807) is 30.1 Å². The quantitative estimate of drug-likeness (QED) is 0.294. The molecule has 9 heteroatoms. The highest BCUT2D eigenvalue weighted by Crippen LogP contribution is 2.20. The van der Waals surface area contributed by atoms with Gasteiger partial charge in [0, 0.05) is 41.9 Å². The van der Waals surface area contributed by atoms with Crippen LogP contribution >= 0.6 is 47.2 Å². The van der Waals surface area contributed by atoms with Gasteiger partial charge < -0.3 is 15.7 Å². The highest BCUT2D eigenvalue weighted by Gasteiger charge is 2.24. The highest BCUT2D eigenvalue weighted by molar-refractivity contribution is 14.0. The Balaban J connectivity index is 0.00000364. The number of aromatic nitrogens is 2. The summed E-state index contributed by atoms with van der Waals surface area (Å²) in [7, 11) is 1.82. The molecule has 1 unspecified atom stereocenters. The fourth-order valence-corrected chi connectivity index (χ4v) is 3.02. The molecule has 2 rings (SSSR count). The van der Waals surface area contributed by atoms with Gasteiger partial charge in [0.2, 0.25) is 0 Å². The lowest BCUT2D eigenvalue weighted by atomic mass is 10.0. The molecule has 0 spiro atoms. The van der Waals surface area contributed by atoms with Crippen molar-refractivity contribution in [1.82, 2.24) is 20.4 Å². The van der Waals surface area contributed by atoms with Crippen LogP contribution in [-0.2, 0) is 19.1 Å². The number of hydrogen-bond donors (Lipinski definition) is 3. The SMILES string of the molecule is CCNC(=NCC(C)(O)c1cnn(C)c1)NCCc1cc(Cl)cc(Cl)c1.I. The molecule has 0 fully saturated rings. The van der Waals surface area contributed by atoms with E-state index < -0.39 is 5.60 Å². The Morgan fingerprint density at radius 2 is 1.93 bits per heavy atom. The molecule has 150 valence electrons. The molecule has 0 radical (unpaired) electrons. The predicted molar refractivity (Wildman–Crippen MR) is 122 cm³/mol. The van der Waals surface area contributed by atoms with Gasteiger partial charge >= 0.3 is 0 Å². The van der Waals surface area contributed by atoms with Crippen LogP contribution in [0.1, 0.15) is 25.0 Å². The number of aliphatic hydroxyl groups is 1. The number of halogens is 3. The number of guanidine groups is 1. The van der Waals surface area contributed by atoms with Crippen molar-refractivity contribution in [1.29, 1.82) is 0 Å². The first-order valence-electron chi connectivity index (χ1n) is 8.49. The molecule has 0 bridgehead atoms. The van der Waals surface area contributed by atoms with Crippen LogP contribution in [-0.4, -0.2) is 40.5 Å². The second-order valence-electron chi connectivity index (χ2n) is 6.33. The average Bonchev–Trinajstić information content (AvgIpc) is 2.99. The van der Waals surface area contributed by atoms with Gasteiger partial charge in [-0.3, -0.25) is 4.68 Å². The summed E-state index contributed by atoms with van der Waals surface area (Å²) in [5.41, 5.74) is 0.693. The van der Waals surface area contributed by atoms with Crippen molar-refractivity contribution in [2.75, 3.05) is 19.6 Å². The van der Waals surface area contributed by atoms with Crippen LogP contribution in [0.3, 0.4) is 0 Å². The molecule has 1 heterocycles. The number of nitrogens with one attached hydrogen (secondary N) is 2. The normalized spacial score (nSPS) is 13.6. The van der Waals surface area contributed by atoms with E-state index in [0.717, 1.165) is 24.1 Å². The number of aliphatic imine (C=N–C) groups is 1. The first-order chi connectivity index (χ1) is 12.3. The van der Waals surface area contributed by atoms with Crippen LogP contribution in [0.15, 0.2) is 35.6 Å². The molecule has 1 aromatic heterocycles. The van der Waals surface area contributed by atoms with Crippen LogP contribution < -0.4 is 10.6 Å². The molecule has 2 aromatic rings. The number of hydrogen-bond acceptors (Lipinski definition) is 3. The van der Waals surface area contributed by atoms with E-state index in [4.69, 9.17) is 23.2 Å². The summed E-state index contributed by atoms with van der Waals surface area (Å²) in [6.45, 7) is 5.33. The molecule has 0 amide bonds. The van der Waals surface area contributed by atoms with Gasteiger partial charge in [-0.1, -0.05) is 23.2 Å². The van der Waals surface area contributed by atoms with Crippen molar-refractivity contribution in [3.05, 3.63) is 51.8 Å². The zero-order valence-corrected chi connectivity index (χ0v) is 19.5. The molecule has 0 saturated carbocycles. The number of aryl methyl sites for hydroxylation is 1. The Morgan fingerprint density at radius 1 is 1.26 bits per heavy atom. The van der Waals surface area contributed by atoms with Gasteiger partial charge in [-0.2, -0.15) is 5.10 Å². The summed E-state index contributed by atoms with van der Waals surface area (Å²) in [6, 6.07) is 5.50. The van der Waals surface area contributed by atoms with Crippen molar-refractivity contribution < 1.29 is 5.11 Å². The molecule has 0 saturated heterocycles. The second-order valence-corrected chi connectivity index (χ2v) is 7.20. The first kappa shape index (κ1) is 24.0. The second kappa shape index (κ2) is 11.1. The summed E-state index contributed by atoms with van der Waals surface area (Å²) in [6.07, 6.45) is 4.20. The van der Waals surface area contributed by atoms with Crippen molar-refractivity contribution in [2.45, 2.75) is 25.9 Å². The van der Waals surface area contributed by atoms with Crippen LogP contribution in [0.25, 0.3) is 0 Å². The third kappa shape index (κ3) is 7.85. The molecule has 0 aliphatic rings. The molecule has 27 heavy (non-hydrogen) atoms. The maximum atomic E-state index is 10.6. The summed E-state index contributed by atoms with van der Waals surface area (Å²) in [5, 5.41) is 22.4. The van der Waals surface area contributed by atoms with Gasteiger partial charge in [-0.05, 0) is 44.0 Å². The summed E-state index contributed by atoms with van der Waals surface area (Å²) < 4.78 is 1.66. The summed E-state index contributed by atoms with van der Waals surface area (Å²) in [5.74, 6) is 0.643. The molecule has 1 aromatic carbocycles. The van der Waals surface area contributed by atoms with E-state index in [1.165, 1.54) is 0 Å². The van der Waals surface area contributed by atoms with Crippen molar-refractivity contribution in [3.63, 3.8) is 0 Å². The van der Waals surface area contributed by atoms with E-state index in [9.17, 15) is 5.11 Å². The Labute approximate surface area is 187 Å². The van der Waals surface area contributed by atoms with Gasteiger partial charge in [0.1, 0.15) is 5.60 Å². The minimum atomic E-state index is -1.09. The van der Waals surface area contributed by atoms with E-state index in [2.05, 4.69) is 20.7 Å². The molecule has 0 aliphatic carbocycles. The van der Waals surface area contributed by atoms with Gasteiger partial charge in [-0.25, -0.2) is 4.99 Å². The van der Waals surface area contributed by atoms with Crippen LogP contribution in [0.2, 0.25) is 10.0 Å². The van der Waals surface area contributed by atoms with Crippen LogP contribution in [0.5, 0.6) is 0 Å². The van der Waals surface area contributed by atoms with Gasteiger partial charge in [-0.15, -0.1) is 24.0 Å². The third-order valence-electron chi connectivity index (χ3n) is 3.84. The van der Waals surface area contributed by atoms with Crippen molar-refractivity contribution in [2.24, 2.45) is 12.0 Å². The lowest BCUT2D eigenvalue weighted by Crippen LogP contribution is -2.39. The van der Waals surface area contributed by atoms with Gasteiger partial charge in [0.05, 0.1) is 12.7 Å². The van der Waals surface area contributed by atoms with E-state index in [-0.39, 0.29) is 30.5 Å². The first-order valence-corrected chi connectivity index (χ1v) is 9.24. The smallest absolute Gasteiger partial charge is 0.191 e. The van der Waals surface area contributed by atoms with Gasteiger partial charge in [0.25, 0.3) is 0 Å². The molecule has 0 aliphatic heterocycles. The highest BCUT2D eigenvalue weighted by atomic mass is 127. The lowest BCUT2D eigenvalue weighted by molar-refractivity contribution is 0.0672. The Hall–Kier alpha value is -1.03. The standard InChI is InChI=1S/C18H25Cl2N5O.HI/c1-4-21-17(22-6-5-13-7-15(19)9-16(20)8-13)23-12-18(2,26)14-10-24-25(3)11-14;/h7-11,26H,4-6,12H2,1-3H3,(H2,21,22,23);1H. The minimum Gasteiger partial charge on any atom is -0.383 e. The molecule has 6 nitrogen and oxygen atoms in total. The minimum absolute atomic E-state index is 0. The monoisotopic (exact) mass is 525 g/mol. The Kier molecular flexibility index (Phi) is 9.86. The molecular formula is C18H26Cl2IN5O. The Morgan fingerprint density at radius 3 is 2.48 bits per heavy atom. The van der Waals surface area contributed by atoms with Crippen LogP contribution in [0, 0.1) is 0 Å². The maximum absolute atomic E-state index is 10.6. The lowest BCUT2D eigenvalue weighted by Gasteiger charge is -2.20. The van der Waals surface area contributed by atoms with Crippen molar-refractivity contribution >= 4 is 53.1 Å². The van der Waals surface area contributed by atoms with Crippen LogP contribution in [0.4, 0.5) is 0 Å². The maximum Gasteiger partial charge on any atom is 0.191 e.